The van der Waals surface area contributed by atoms with Crippen molar-refractivity contribution in [3.05, 3.63) is 58.1 Å². The van der Waals surface area contributed by atoms with Crippen LogP contribution in [-0.2, 0) is 4.79 Å². The minimum Gasteiger partial charge on any atom is -0.359 e. The molecule has 0 aromatic heterocycles. The van der Waals surface area contributed by atoms with Crippen LogP contribution in [0.15, 0.2) is 42.5 Å². The normalized spacial score (nSPS) is 14.2. The standard InChI is InChI=1S/C17H15Cl2N3O2/c18-13-4-2-1-3-12(13)17(24)21-11-5-6-15(14(19)9-11)22-8-7-20-16(23)10-22/h1-6,9H,7-8,10H2,(H,20,23)(H,21,24). The Kier molecular flexibility index (Phi) is 4.92. The SMILES string of the molecule is O=C1CN(c2ccc(NC(=O)c3ccccc3Cl)cc2Cl)CCN1. The van der Waals surface area contributed by atoms with Gasteiger partial charge >= 0.3 is 0 Å². The van der Waals surface area contributed by atoms with Crippen LogP contribution in [0.1, 0.15) is 10.4 Å². The first-order valence-electron chi connectivity index (χ1n) is 7.41. The van der Waals surface area contributed by atoms with Crippen molar-refractivity contribution in [2.45, 2.75) is 0 Å². The first-order chi connectivity index (χ1) is 11.5. The molecular weight excluding hydrogens is 349 g/mol. The van der Waals surface area contributed by atoms with Crippen LogP contribution in [0.4, 0.5) is 11.4 Å². The zero-order valence-electron chi connectivity index (χ0n) is 12.7. The lowest BCUT2D eigenvalue weighted by molar-refractivity contribution is -0.120. The Morgan fingerprint density at radius 3 is 2.62 bits per heavy atom. The van der Waals surface area contributed by atoms with Gasteiger partial charge in [-0.15, -0.1) is 0 Å². The zero-order valence-corrected chi connectivity index (χ0v) is 14.2. The van der Waals surface area contributed by atoms with Crippen LogP contribution in [0.3, 0.4) is 0 Å². The fourth-order valence-electron chi connectivity index (χ4n) is 2.53. The van der Waals surface area contributed by atoms with E-state index in [1.165, 1.54) is 0 Å². The number of anilines is 2. The first-order valence-corrected chi connectivity index (χ1v) is 8.17. The summed E-state index contributed by atoms with van der Waals surface area (Å²) in [5, 5.41) is 6.40. The molecule has 0 saturated carbocycles. The maximum absolute atomic E-state index is 12.3. The van der Waals surface area contributed by atoms with Crippen molar-refractivity contribution in [2.24, 2.45) is 0 Å². The molecule has 2 amide bonds. The second-order valence-electron chi connectivity index (χ2n) is 5.37. The Morgan fingerprint density at radius 2 is 1.92 bits per heavy atom. The van der Waals surface area contributed by atoms with E-state index in [0.717, 1.165) is 5.69 Å². The minimum atomic E-state index is -0.304. The predicted octanol–water partition coefficient (Wildman–Crippen LogP) is 3.18. The fourth-order valence-corrected chi connectivity index (χ4v) is 3.05. The molecule has 0 bridgehead atoms. The summed E-state index contributed by atoms with van der Waals surface area (Å²) in [4.78, 5) is 25.7. The summed E-state index contributed by atoms with van der Waals surface area (Å²) in [7, 11) is 0. The van der Waals surface area contributed by atoms with Crippen molar-refractivity contribution in [1.82, 2.24) is 5.32 Å². The molecule has 0 aliphatic carbocycles. The van der Waals surface area contributed by atoms with Crippen LogP contribution in [-0.4, -0.2) is 31.4 Å². The van der Waals surface area contributed by atoms with Gasteiger partial charge in [-0.25, -0.2) is 0 Å². The number of amides is 2. The lowest BCUT2D eigenvalue weighted by Gasteiger charge is -2.29. The van der Waals surface area contributed by atoms with Crippen molar-refractivity contribution in [1.29, 1.82) is 0 Å². The minimum absolute atomic E-state index is 0.0339. The fraction of sp³-hybridized carbons (Fsp3) is 0.176. The molecule has 2 aromatic rings. The number of hydrogen-bond donors (Lipinski definition) is 2. The highest BCUT2D eigenvalue weighted by Gasteiger charge is 2.19. The second kappa shape index (κ2) is 7.11. The molecule has 1 aliphatic heterocycles. The van der Waals surface area contributed by atoms with Crippen LogP contribution >= 0.6 is 23.2 Å². The lowest BCUT2D eigenvalue weighted by Crippen LogP contribution is -2.47. The van der Waals surface area contributed by atoms with Gasteiger partial charge < -0.3 is 15.5 Å². The molecule has 124 valence electrons. The molecule has 24 heavy (non-hydrogen) atoms. The number of hydrogen-bond acceptors (Lipinski definition) is 3. The van der Waals surface area contributed by atoms with Gasteiger partial charge in [0.1, 0.15) is 0 Å². The Labute approximate surface area is 149 Å². The molecule has 0 unspecified atom stereocenters. The lowest BCUT2D eigenvalue weighted by atomic mass is 10.2. The van der Waals surface area contributed by atoms with Crippen LogP contribution in [0.25, 0.3) is 0 Å². The van der Waals surface area contributed by atoms with Crippen LogP contribution in [0.2, 0.25) is 10.0 Å². The molecule has 7 heteroatoms. The molecule has 1 heterocycles. The van der Waals surface area contributed by atoms with Crippen molar-refractivity contribution < 1.29 is 9.59 Å². The third kappa shape index (κ3) is 3.63. The summed E-state index contributed by atoms with van der Waals surface area (Å²) >= 11 is 12.3. The van der Waals surface area contributed by atoms with Gasteiger partial charge in [0, 0.05) is 18.8 Å². The van der Waals surface area contributed by atoms with Crippen molar-refractivity contribution in [3.8, 4) is 0 Å². The van der Waals surface area contributed by atoms with Gasteiger partial charge in [-0.05, 0) is 30.3 Å². The average molecular weight is 364 g/mol. The zero-order chi connectivity index (χ0) is 17.1. The molecule has 0 atom stereocenters. The Bertz CT molecular complexity index is 795. The number of halogens is 2. The van der Waals surface area contributed by atoms with Crippen LogP contribution in [0.5, 0.6) is 0 Å². The van der Waals surface area contributed by atoms with Gasteiger partial charge in [-0.2, -0.15) is 0 Å². The van der Waals surface area contributed by atoms with Gasteiger partial charge in [-0.3, -0.25) is 9.59 Å². The summed E-state index contributed by atoms with van der Waals surface area (Å²) in [6.07, 6.45) is 0. The Morgan fingerprint density at radius 1 is 1.12 bits per heavy atom. The van der Waals surface area contributed by atoms with Crippen LogP contribution < -0.4 is 15.5 Å². The highest BCUT2D eigenvalue weighted by Crippen LogP contribution is 2.29. The van der Waals surface area contributed by atoms with Gasteiger partial charge in [0.2, 0.25) is 5.91 Å². The first kappa shape index (κ1) is 16.6. The maximum Gasteiger partial charge on any atom is 0.257 e. The number of carbonyl (C=O) groups is 2. The van der Waals surface area contributed by atoms with Crippen molar-refractivity contribution in [3.63, 3.8) is 0 Å². The summed E-state index contributed by atoms with van der Waals surface area (Å²) in [5.74, 6) is -0.338. The molecule has 2 aromatic carbocycles. The molecule has 1 aliphatic rings. The molecule has 1 saturated heterocycles. The Hall–Kier alpha value is -2.24. The third-order valence-electron chi connectivity index (χ3n) is 3.70. The van der Waals surface area contributed by atoms with E-state index in [-0.39, 0.29) is 18.4 Å². The van der Waals surface area contributed by atoms with Crippen LogP contribution in [0, 0.1) is 0 Å². The van der Waals surface area contributed by atoms with E-state index in [1.807, 2.05) is 4.90 Å². The van der Waals surface area contributed by atoms with E-state index in [0.29, 0.717) is 34.4 Å². The summed E-state index contributed by atoms with van der Waals surface area (Å²) in [6, 6.07) is 12.0. The van der Waals surface area contributed by atoms with Gasteiger partial charge in [-0.1, -0.05) is 35.3 Å². The topological polar surface area (TPSA) is 61.4 Å². The number of piperazine rings is 1. The summed E-state index contributed by atoms with van der Waals surface area (Å²) in [6.45, 7) is 1.54. The second-order valence-corrected chi connectivity index (χ2v) is 6.19. The van der Waals surface area contributed by atoms with Gasteiger partial charge in [0.05, 0.1) is 27.8 Å². The summed E-state index contributed by atoms with van der Waals surface area (Å²) in [5.41, 5.74) is 1.73. The maximum atomic E-state index is 12.3. The number of rotatable bonds is 3. The molecule has 1 fully saturated rings. The molecule has 0 radical (unpaired) electrons. The van der Waals surface area contributed by atoms with E-state index in [1.54, 1.807) is 42.5 Å². The van der Waals surface area contributed by atoms with E-state index in [4.69, 9.17) is 23.2 Å². The number of carbonyl (C=O) groups excluding carboxylic acids is 2. The molecule has 3 rings (SSSR count). The molecule has 0 spiro atoms. The van der Waals surface area contributed by atoms with Crippen molar-refractivity contribution >= 4 is 46.4 Å². The number of nitrogens with zero attached hydrogens (tertiary/aromatic N) is 1. The van der Waals surface area contributed by atoms with E-state index in [9.17, 15) is 9.59 Å². The number of benzene rings is 2. The van der Waals surface area contributed by atoms with Gasteiger partial charge in [0.25, 0.3) is 5.91 Å². The van der Waals surface area contributed by atoms with E-state index in [2.05, 4.69) is 10.6 Å². The number of nitrogens with one attached hydrogen (secondary N) is 2. The monoisotopic (exact) mass is 363 g/mol. The molecular formula is C17H15Cl2N3O2. The van der Waals surface area contributed by atoms with Crippen molar-refractivity contribution in [2.75, 3.05) is 29.9 Å². The third-order valence-corrected chi connectivity index (χ3v) is 4.34. The Balaban J connectivity index is 1.76. The summed E-state index contributed by atoms with van der Waals surface area (Å²) < 4.78 is 0. The van der Waals surface area contributed by atoms with E-state index < -0.39 is 0 Å². The largest absolute Gasteiger partial charge is 0.359 e. The average Bonchev–Trinajstić information content (AvgIpc) is 2.55. The van der Waals surface area contributed by atoms with E-state index >= 15 is 0 Å². The quantitative estimate of drug-likeness (QED) is 0.880. The molecule has 2 N–H and O–H groups in total. The highest BCUT2D eigenvalue weighted by molar-refractivity contribution is 6.35. The predicted molar refractivity (Wildman–Crippen MR) is 96.1 cm³/mol. The van der Waals surface area contributed by atoms with Gasteiger partial charge in [0.15, 0.2) is 0 Å². The highest BCUT2D eigenvalue weighted by atomic mass is 35.5. The smallest absolute Gasteiger partial charge is 0.257 e. The molecule has 5 nitrogen and oxygen atoms in total.